The maximum absolute atomic E-state index is 12.5. The Hall–Kier alpha value is -2.47. The van der Waals surface area contributed by atoms with Gasteiger partial charge in [0.2, 0.25) is 5.91 Å². The molecule has 25 heavy (non-hydrogen) atoms. The monoisotopic (exact) mass is 355 g/mol. The third-order valence-electron chi connectivity index (χ3n) is 4.30. The maximum atomic E-state index is 12.5. The van der Waals surface area contributed by atoms with Gasteiger partial charge in [0, 0.05) is 5.69 Å². The summed E-state index contributed by atoms with van der Waals surface area (Å²) >= 11 is 1.62. The first kappa shape index (κ1) is 17.4. The van der Waals surface area contributed by atoms with Gasteiger partial charge in [-0.1, -0.05) is 30.3 Å². The van der Waals surface area contributed by atoms with Crippen molar-refractivity contribution in [2.24, 2.45) is 5.73 Å². The largest absolute Gasteiger partial charge is 0.352 e. The number of nitrogens with two attached hydrogens (primary N) is 1. The van der Waals surface area contributed by atoms with Gasteiger partial charge in [-0.3, -0.25) is 4.79 Å². The first-order chi connectivity index (χ1) is 12.1. The Morgan fingerprint density at radius 1 is 1.16 bits per heavy atom. The van der Waals surface area contributed by atoms with Crippen LogP contribution in [0.1, 0.15) is 17.5 Å². The third-order valence-corrected chi connectivity index (χ3v) is 4.95. The van der Waals surface area contributed by atoms with Gasteiger partial charge >= 0.3 is 6.03 Å². The fraction of sp³-hybridized carbons (Fsp3) is 0.263. The zero-order chi connectivity index (χ0) is 17.8. The van der Waals surface area contributed by atoms with E-state index in [9.17, 15) is 9.59 Å². The van der Waals surface area contributed by atoms with Crippen LogP contribution < -0.4 is 16.4 Å². The van der Waals surface area contributed by atoms with Crippen molar-refractivity contribution < 1.29 is 9.59 Å². The number of carbonyl (C=O) groups excluding carboxylic acids is 2. The lowest BCUT2D eigenvalue weighted by molar-refractivity contribution is -0.117. The van der Waals surface area contributed by atoms with Crippen molar-refractivity contribution in [2.45, 2.75) is 18.9 Å². The molecule has 2 aromatic rings. The Bertz CT molecular complexity index is 807. The first-order valence-corrected chi connectivity index (χ1v) is 9.55. The standard InChI is InChI=1S/C19H21N3O2S/c1-25-9-8-17(22-19(20)24)18(23)21-14-6-7-16-13(11-14)10-12-4-2-3-5-15(12)16/h2-7,11,17H,8-10H2,1H3,(H,21,23)(H3,20,22,24)/t17-/m1/s1. The third kappa shape index (κ3) is 3.96. The van der Waals surface area contributed by atoms with Crippen LogP contribution in [-0.4, -0.2) is 30.0 Å². The Labute approximate surface area is 151 Å². The van der Waals surface area contributed by atoms with E-state index in [0.717, 1.165) is 17.9 Å². The average molecular weight is 355 g/mol. The second kappa shape index (κ2) is 7.61. The minimum absolute atomic E-state index is 0.247. The van der Waals surface area contributed by atoms with Crippen molar-refractivity contribution >= 4 is 29.4 Å². The van der Waals surface area contributed by atoms with E-state index in [2.05, 4.69) is 22.8 Å². The number of nitrogens with one attached hydrogen (secondary N) is 2. The van der Waals surface area contributed by atoms with Gasteiger partial charge < -0.3 is 16.4 Å². The van der Waals surface area contributed by atoms with Gasteiger partial charge in [-0.15, -0.1) is 0 Å². The number of urea groups is 1. The zero-order valence-corrected chi connectivity index (χ0v) is 14.9. The number of amides is 3. The number of thioether (sulfide) groups is 1. The molecule has 0 aromatic heterocycles. The molecule has 5 nitrogen and oxygen atoms in total. The molecule has 0 saturated heterocycles. The molecule has 0 heterocycles. The highest BCUT2D eigenvalue weighted by atomic mass is 32.2. The molecule has 1 aliphatic rings. The Kier molecular flexibility index (Phi) is 5.28. The van der Waals surface area contributed by atoms with E-state index in [1.165, 1.54) is 22.3 Å². The highest BCUT2D eigenvalue weighted by molar-refractivity contribution is 7.98. The van der Waals surface area contributed by atoms with E-state index in [-0.39, 0.29) is 5.91 Å². The summed E-state index contributed by atoms with van der Waals surface area (Å²) in [6.45, 7) is 0. The normalized spacial score (nSPS) is 12.8. The molecule has 1 atom stereocenters. The maximum Gasteiger partial charge on any atom is 0.312 e. The highest BCUT2D eigenvalue weighted by Gasteiger charge is 2.21. The quantitative estimate of drug-likeness (QED) is 0.635. The van der Waals surface area contributed by atoms with Crippen molar-refractivity contribution in [1.29, 1.82) is 0 Å². The van der Waals surface area contributed by atoms with Gasteiger partial charge in [-0.05, 0) is 59.2 Å². The molecule has 0 fully saturated rings. The number of hydrogen-bond acceptors (Lipinski definition) is 3. The number of fused-ring (bicyclic) bond motifs is 3. The minimum atomic E-state index is -0.689. The molecular formula is C19H21N3O2S. The Morgan fingerprint density at radius 2 is 1.92 bits per heavy atom. The SMILES string of the molecule is CSCC[C@@H](NC(N)=O)C(=O)Nc1ccc2c(c1)Cc1ccccc1-2. The van der Waals surface area contributed by atoms with Crippen LogP contribution in [0.3, 0.4) is 0 Å². The van der Waals surface area contributed by atoms with Crippen molar-refractivity contribution in [3.63, 3.8) is 0 Å². The number of hydrogen-bond donors (Lipinski definition) is 3. The molecule has 0 unspecified atom stereocenters. The van der Waals surface area contributed by atoms with E-state index in [0.29, 0.717) is 6.42 Å². The molecule has 0 saturated carbocycles. The van der Waals surface area contributed by atoms with Crippen molar-refractivity contribution in [1.82, 2.24) is 5.32 Å². The lowest BCUT2D eigenvalue weighted by Crippen LogP contribution is -2.46. The second-order valence-corrected chi connectivity index (χ2v) is 7.02. The highest BCUT2D eigenvalue weighted by Crippen LogP contribution is 2.37. The van der Waals surface area contributed by atoms with E-state index in [1.54, 1.807) is 11.8 Å². The fourth-order valence-corrected chi connectivity index (χ4v) is 3.60. The molecule has 4 N–H and O–H groups in total. The summed E-state index contributed by atoms with van der Waals surface area (Å²) in [7, 11) is 0. The lowest BCUT2D eigenvalue weighted by Gasteiger charge is -2.17. The molecule has 0 spiro atoms. The van der Waals surface area contributed by atoms with Crippen LogP contribution in [0.15, 0.2) is 42.5 Å². The van der Waals surface area contributed by atoms with Crippen molar-refractivity contribution in [2.75, 3.05) is 17.3 Å². The molecule has 0 aliphatic heterocycles. The van der Waals surface area contributed by atoms with Crippen LogP contribution >= 0.6 is 11.8 Å². The molecule has 3 rings (SSSR count). The van der Waals surface area contributed by atoms with Gasteiger partial charge in [0.25, 0.3) is 0 Å². The summed E-state index contributed by atoms with van der Waals surface area (Å²) in [5.74, 6) is 0.515. The van der Waals surface area contributed by atoms with Crippen molar-refractivity contribution in [3.8, 4) is 11.1 Å². The molecule has 1 aliphatic carbocycles. The number of benzene rings is 2. The molecule has 2 aromatic carbocycles. The summed E-state index contributed by atoms with van der Waals surface area (Å²) in [5, 5.41) is 5.41. The smallest absolute Gasteiger partial charge is 0.312 e. The summed E-state index contributed by atoms with van der Waals surface area (Å²) in [6, 6.07) is 12.9. The molecule has 3 amide bonds. The molecule has 6 heteroatoms. The van der Waals surface area contributed by atoms with Crippen LogP contribution in [0.5, 0.6) is 0 Å². The van der Waals surface area contributed by atoms with Crippen molar-refractivity contribution in [3.05, 3.63) is 53.6 Å². The Balaban J connectivity index is 1.74. The van der Waals surface area contributed by atoms with E-state index in [4.69, 9.17) is 5.73 Å². The van der Waals surface area contributed by atoms with Gasteiger partial charge in [0.1, 0.15) is 6.04 Å². The van der Waals surface area contributed by atoms with Gasteiger partial charge in [0.05, 0.1) is 0 Å². The molecule has 0 radical (unpaired) electrons. The van der Waals surface area contributed by atoms with E-state index >= 15 is 0 Å². The van der Waals surface area contributed by atoms with E-state index < -0.39 is 12.1 Å². The molecule has 130 valence electrons. The number of rotatable bonds is 6. The molecule has 0 bridgehead atoms. The van der Waals surface area contributed by atoms with Crippen LogP contribution in [0.25, 0.3) is 11.1 Å². The number of anilines is 1. The average Bonchev–Trinajstić information content (AvgIpc) is 2.95. The topological polar surface area (TPSA) is 84.2 Å². The van der Waals surface area contributed by atoms with Gasteiger partial charge in [-0.2, -0.15) is 11.8 Å². The zero-order valence-electron chi connectivity index (χ0n) is 14.0. The number of primary amides is 1. The summed E-state index contributed by atoms with van der Waals surface area (Å²) in [6.07, 6.45) is 3.36. The second-order valence-electron chi connectivity index (χ2n) is 6.04. The van der Waals surface area contributed by atoms with Crippen LogP contribution in [0, 0.1) is 0 Å². The lowest BCUT2D eigenvalue weighted by atomic mass is 10.1. The Morgan fingerprint density at radius 3 is 2.68 bits per heavy atom. The summed E-state index contributed by atoms with van der Waals surface area (Å²) in [4.78, 5) is 23.6. The predicted octanol–water partition coefficient (Wildman–Crippen LogP) is 2.99. The van der Waals surface area contributed by atoms with Crippen LogP contribution in [-0.2, 0) is 11.2 Å². The predicted molar refractivity (Wildman–Crippen MR) is 103 cm³/mol. The first-order valence-electron chi connectivity index (χ1n) is 8.15. The summed E-state index contributed by atoms with van der Waals surface area (Å²) in [5.41, 5.74) is 10.9. The van der Waals surface area contributed by atoms with Gasteiger partial charge in [0.15, 0.2) is 0 Å². The summed E-state index contributed by atoms with van der Waals surface area (Å²) < 4.78 is 0. The molecular weight excluding hydrogens is 334 g/mol. The van der Waals surface area contributed by atoms with Crippen LogP contribution in [0.2, 0.25) is 0 Å². The van der Waals surface area contributed by atoms with E-state index in [1.807, 2.05) is 36.6 Å². The van der Waals surface area contributed by atoms with Gasteiger partial charge in [-0.25, -0.2) is 4.79 Å². The number of carbonyl (C=O) groups is 2. The fourth-order valence-electron chi connectivity index (χ4n) is 3.13. The van der Waals surface area contributed by atoms with Crippen LogP contribution in [0.4, 0.5) is 10.5 Å². The minimum Gasteiger partial charge on any atom is -0.352 e.